The second-order valence-corrected chi connectivity index (χ2v) is 5.07. The van der Waals surface area contributed by atoms with E-state index in [1.807, 2.05) is 13.8 Å². The Morgan fingerprint density at radius 3 is 2.67 bits per heavy atom. The number of aliphatic hydroxyl groups is 1. The quantitative estimate of drug-likeness (QED) is 0.687. The molecule has 5 nitrogen and oxygen atoms in total. The monoisotopic (exact) mass is 288 g/mol. The van der Waals surface area contributed by atoms with Gasteiger partial charge in [-0.2, -0.15) is 0 Å². The first-order valence-corrected chi connectivity index (χ1v) is 6.73. The predicted octanol–water partition coefficient (Wildman–Crippen LogP) is 1.13. The Morgan fingerprint density at radius 2 is 2.05 bits per heavy atom. The third-order valence-corrected chi connectivity index (χ3v) is 2.92. The van der Waals surface area contributed by atoms with Gasteiger partial charge in [-0.1, -0.05) is 25.8 Å². The van der Waals surface area contributed by atoms with Gasteiger partial charge in [-0.3, -0.25) is 9.59 Å². The van der Waals surface area contributed by atoms with Crippen LogP contribution in [0.3, 0.4) is 0 Å². The van der Waals surface area contributed by atoms with Crippen LogP contribution in [0, 0.1) is 18.3 Å². The molecule has 0 heterocycles. The van der Waals surface area contributed by atoms with Crippen LogP contribution in [0.4, 0.5) is 5.69 Å². The van der Waals surface area contributed by atoms with Crippen molar-refractivity contribution in [3.63, 3.8) is 0 Å². The Labute approximate surface area is 124 Å². The normalized spacial score (nSPS) is 11.6. The molecule has 112 valence electrons. The summed E-state index contributed by atoms with van der Waals surface area (Å²) in [5.41, 5.74) is 1.24. The summed E-state index contributed by atoms with van der Waals surface area (Å²) in [5.74, 6) is 1.76. The zero-order valence-corrected chi connectivity index (χ0v) is 12.2. The maximum absolute atomic E-state index is 11.7. The highest BCUT2D eigenvalue weighted by Crippen LogP contribution is 2.09. The first kappa shape index (κ1) is 16.7. The van der Waals surface area contributed by atoms with Gasteiger partial charge in [0.1, 0.15) is 0 Å². The molecule has 0 aromatic heterocycles. The molecule has 0 spiro atoms. The summed E-state index contributed by atoms with van der Waals surface area (Å²) in [6.45, 7) is 3.50. The predicted molar refractivity (Wildman–Crippen MR) is 81.5 cm³/mol. The van der Waals surface area contributed by atoms with Crippen LogP contribution in [-0.4, -0.2) is 29.6 Å². The van der Waals surface area contributed by atoms with Gasteiger partial charge in [0.05, 0.1) is 19.1 Å². The average molecular weight is 288 g/mol. The van der Waals surface area contributed by atoms with Gasteiger partial charge >= 0.3 is 0 Å². The van der Waals surface area contributed by atoms with Gasteiger partial charge in [-0.15, -0.1) is 6.42 Å². The maximum atomic E-state index is 11.7. The molecule has 5 heteroatoms. The molecule has 1 atom stereocenters. The van der Waals surface area contributed by atoms with E-state index in [0.717, 1.165) is 0 Å². The molecular formula is C16H20N2O3. The molecule has 2 amide bonds. The van der Waals surface area contributed by atoms with Gasteiger partial charge in [0, 0.05) is 11.3 Å². The molecule has 0 radical (unpaired) electrons. The first-order chi connectivity index (χ1) is 9.92. The summed E-state index contributed by atoms with van der Waals surface area (Å²) >= 11 is 0. The number of amides is 2. The average Bonchev–Trinajstić information content (AvgIpc) is 2.45. The van der Waals surface area contributed by atoms with Crippen molar-refractivity contribution < 1.29 is 14.7 Å². The topological polar surface area (TPSA) is 78.4 Å². The lowest BCUT2D eigenvalue weighted by molar-refractivity contribution is -0.126. The first-order valence-electron chi connectivity index (χ1n) is 6.73. The van der Waals surface area contributed by atoms with Crippen molar-refractivity contribution in [2.75, 3.05) is 11.9 Å². The van der Waals surface area contributed by atoms with Crippen molar-refractivity contribution in [1.29, 1.82) is 0 Å². The van der Waals surface area contributed by atoms with Crippen LogP contribution in [0.5, 0.6) is 0 Å². The molecule has 0 fully saturated rings. The van der Waals surface area contributed by atoms with Crippen LogP contribution in [0.2, 0.25) is 0 Å². The summed E-state index contributed by atoms with van der Waals surface area (Å²) in [6, 6.07) is 6.87. The highest BCUT2D eigenvalue weighted by molar-refractivity contribution is 5.94. The Kier molecular flexibility index (Phi) is 6.44. The number of anilines is 1. The van der Waals surface area contributed by atoms with Crippen LogP contribution >= 0.6 is 0 Å². The highest BCUT2D eigenvalue weighted by atomic mass is 16.3. The molecule has 21 heavy (non-hydrogen) atoms. The molecule has 0 saturated carbocycles. The van der Waals surface area contributed by atoms with Gasteiger partial charge in [-0.05, 0) is 24.1 Å². The summed E-state index contributed by atoms with van der Waals surface area (Å²) in [5, 5.41) is 14.7. The summed E-state index contributed by atoms with van der Waals surface area (Å²) in [7, 11) is 0. The van der Waals surface area contributed by atoms with Crippen molar-refractivity contribution in [3.8, 4) is 12.3 Å². The molecule has 0 bridgehead atoms. The minimum absolute atomic E-state index is 0.00363. The van der Waals surface area contributed by atoms with E-state index < -0.39 is 6.10 Å². The number of terminal acetylenes is 1. The van der Waals surface area contributed by atoms with E-state index in [9.17, 15) is 14.7 Å². The molecule has 1 unspecified atom stereocenters. The second-order valence-electron chi connectivity index (χ2n) is 5.07. The fourth-order valence-corrected chi connectivity index (χ4v) is 1.57. The lowest BCUT2D eigenvalue weighted by Gasteiger charge is -2.13. The fraction of sp³-hybridized carbons (Fsp3) is 0.375. The smallest absolute Gasteiger partial charge is 0.243 e. The lowest BCUT2D eigenvalue weighted by Crippen LogP contribution is -2.35. The molecule has 0 aliphatic carbocycles. The van der Waals surface area contributed by atoms with Gasteiger partial charge in [0.15, 0.2) is 0 Å². The molecule has 0 aliphatic rings. The van der Waals surface area contributed by atoms with Crippen LogP contribution in [0.25, 0.3) is 0 Å². The van der Waals surface area contributed by atoms with Gasteiger partial charge in [0.25, 0.3) is 0 Å². The maximum Gasteiger partial charge on any atom is 0.243 e. The van der Waals surface area contributed by atoms with Crippen molar-refractivity contribution in [2.45, 2.75) is 26.4 Å². The summed E-state index contributed by atoms with van der Waals surface area (Å²) in [4.78, 5) is 23.2. The van der Waals surface area contributed by atoms with E-state index in [0.29, 0.717) is 11.3 Å². The zero-order chi connectivity index (χ0) is 15.8. The molecular weight excluding hydrogens is 268 g/mol. The molecule has 1 rings (SSSR count). The Bertz CT molecular complexity index is 547. The van der Waals surface area contributed by atoms with E-state index in [1.165, 1.54) is 0 Å². The van der Waals surface area contributed by atoms with E-state index in [1.54, 1.807) is 24.3 Å². The Morgan fingerprint density at radius 1 is 1.33 bits per heavy atom. The molecule has 0 aliphatic heterocycles. The standard InChI is InChI=1S/C16H20N2O3/c1-4-12-6-5-7-13(8-12)18-16(21)10-17-15(20)9-14(19)11(2)3/h1,5-8,11,14,19H,9-10H2,2-3H3,(H,17,20)(H,18,21). The van der Waals surface area contributed by atoms with Gasteiger partial charge < -0.3 is 15.7 Å². The number of hydrogen-bond acceptors (Lipinski definition) is 3. The van der Waals surface area contributed by atoms with E-state index in [2.05, 4.69) is 16.6 Å². The minimum atomic E-state index is -0.708. The van der Waals surface area contributed by atoms with Crippen molar-refractivity contribution in [1.82, 2.24) is 5.32 Å². The van der Waals surface area contributed by atoms with Crippen LogP contribution in [0.1, 0.15) is 25.8 Å². The van der Waals surface area contributed by atoms with Crippen molar-refractivity contribution >= 4 is 17.5 Å². The number of aliphatic hydroxyl groups excluding tert-OH is 1. The SMILES string of the molecule is C#Cc1cccc(NC(=O)CNC(=O)CC(O)C(C)C)c1. The largest absolute Gasteiger partial charge is 0.392 e. The van der Waals surface area contributed by atoms with E-state index >= 15 is 0 Å². The summed E-state index contributed by atoms with van der Waals surface area (Å²) in [6.07, 6.45) is 4.55. The molecule has 0 saturated heterocycles. The molecule has 1 aromatic rings. The van der Waals surface area contributed by atoms with Crippen LogP contribution < -0.4 is 10.6 Å². The minimum Gasteiger partial charge on any atom is -0.392 e. The number of hydrogen-bond donors (Lipinski definition) is 3. The lowest BCUT2D eigenvalue weighted by atomic mass is 10.0. The van der Waals surface area contributed by atoms with Gasteiger partial charge in [-0.25, -0.2) is 0 Å². The van der Waals surface area contributed by atoms with Crippen LogP contribution in [-0.2, 0) is 9.59 Å². The number of rotatable bonds is 6. The van der Waals surface area contributed by atoms with Gasteiger partial charge in [0.2, 0.25) is 11.8 Å². The number of nitrogens with one attached hydrogen (secondary N) is 2. The summed E-state index contributed by atoms with van der Waals surface area (Å²) < 4.78 is 0. The second kappa shape index (κ2) is 8.08. The van der Waals surface area contributed by atoms with E-state index in [-0.39, 0.29) is 30.7 Å². The number of carbonyl (C=O) groups is 2. The number of benzene rings is 1. The van der Waals surface area contributed by atoms with Crippen LogP contribution in [0.15, 0.2) is 24.3 Å². The third-order valence-electron chi connectivity index (χ3n) is 2.92. The fourth-order valence-electron chi connectivity index (χ4n) is 1.57. The zero-order valence-electron chi connectivity index (χ0n) is 12.2. The van der Waals surface area contributed by atoms with Crippen molar-refractivity contribution in [3.05, 3.63) is 29.8 Å². The molecule has 3 N–H and O–H groups in total. The van der Waals surface area contributed by atoms with Crippen molar-refractivity contribution in [2.24, 2.45) is 5.92 Å². The van der Waals surface area contributed by atoms with E-state index in [4.69, 9.17) is 6.42 Å². The third kappa shape index (κ3) is 6.11. The Hall–Kier alpha value is -2.32. The number of carbonyl (C=O) groups excluding carboxylic acids is 2. The molecule has 1 aromatic carbocycles. The Balaban J connectivity index is 2.40. The highest BCUT2D eigenvalue weighted by Gasteiger charge is 2.14.